The minimum Gasteiger partial charge on any atom is -0.395 e. The molecule has 0 saturated carbocycles. The van der Waals surface area contributed by atoms with E-state index in [2.05, 4.69) is 9.96 Å². The minimum absolute atomic E-state index is 1.67. The van der Waals surface area contributed by atoms with Crippen molar-refractivity contribution in [2.75, 3.05) is 21.2 Å². The number of nitrogens with one attached hydrogen (secondary N) is 2. The summed E-state index contributed by atoms with van der Waals surface area (Å²) in [5.41, 5.74) is 0. The van der Waals surface area contributed by atoms with Crippen LogP contribution in [0.1, 0.15) is 0 Å². The summed E-state index contributed by atoms with van der Waals surface area (Å²) < 4.78 is 5.15. The SMILES string of the molecule is CN[Si](C)(NC)OC. The molecule has 2 N–H and O–H groups in total. The second-order valence-electron chi connectivity index (χ2n) is 1.74. The highest BCUT2D eigenvalue weighted by molar-refractivity contribution is 6.67. The predicted octanol–water partition coefficient (Wildman–Crippen LogP) is -0.360. The third kappa shape index (κ3) is 1.91. The van der Waals surface area contributed by atoms with Crippen LogP contribution in [-0.4, -0.2) is 29.8 Å². The van der Waals surface area contributed by atoms with Gasteiger partial charge in [-0.1, -0.05) is 0 Å². The monoisotopic (exact) mass is 134 g/mol. The number of rotatable bonds is 3. The van der Waals surface area contributed by atoms with E-state index in [1.54, 1.807) is 7.11 Å². The van der Waals surface area contributed by atoms with Crippen molar-refractivity contribution in [2.45, 2.75) is 6.55 Å². The van der Waals surface area contributed by atoms with Crippen molar-refractivity contribution in [1.29, 1.82) is 0 Å². The summed E-state index contributed by atoms with van der Waals surface area (Å²) >= 11 is 0. The van der Waals surface area contributed by atoms with E-state index in [1.165, 1.54) is 0 Å². The maximum atomic E-state index is 5.15. The third-order valence-electron chi connectivity index (χ3n) is 1.36. The van der Waals surface area contributed by atoms with E-state index in [1.807, 2.05) is 20.6 Å². The molecule has 0 aliphatic heterocycles. The molecule has 4 heteroatoms. The molecule has 0 unspecified atom stereocenters. The fraction of sp³-hybridized carbons (Fsp3) is 1.00. The molecule has 0 aliphatic carbocycles. The van der Waals surface area contributed by atoms with Crippen LogP contribution in [0.3, 0.4) is 0 Å². The summed E-state index contributed by atoms with van der Waals surface area (Å²) in [5, 5.41) is 0. The molecule has 0 amide bonds. The van der Waals surface area contributed by atoms with Gasteiger partial charge in [-0.3, -0.25) is 0 Å². The molecule has 0 bridgehead atoms. The minimum atomic E-state index is -1.67. The molecular formula is C4H14N2OSi. The zero-order valence-corrected chi connectivity index (χ0v) is 6.91. The lowest BCUT2D eigenvalue weighted by Crippen LogP contribution is -2.59. The van der Waals surface area contributed by atoms with Crippen LogP contribution in [0, 0.1) is 0 Å². The summed E-state index contributed by atoms with van der Waals surface area (Å²) in [5.74, 6) is 0. The van der Waals surface area contributed by atoms with E-state index >= 15 is 0 Å². The Kier molecular flexibility index (Phi) is 3.23. The molecule has 0 heterocycles. The Labute approximate surface area is 51.7 Å². The predicted molar refractivity (Wildman–Crippen MR) is 36.7 cm³/mol. The van der Waals surface area contributed by atoms with Crippen molar-refractivity contribution in [3.63, 3.8) is 0 Å². The Hall–Kier alpha value is 0.0969. The Morgan fingerprint density at radius 1 is 1.25 bits per heavy atom. The van der Waals surface area contributed by atoms with Gasteiger partial charge in [0.05, 0.1) is 0 Å². The first-order valence-corrected chi connectivity index (χ1v) is 5.02. The molecule has 0 atom stereocenters. The van der Waals surface area contributed by atoms with Gasteiger partial charge in [0, 0.05) is 7.11 Å². The van der Waals surface area contributed by atoms with E-state index < -0.39 is 8.64 Å². The maximum absolute atomic E-state index is 5.15. The lowest BCUT2D eigenvalue weighted by Gasteiger charge is -2.21. The maximum Gasteiger partial charge on any atom is 0.347 e. The highest BCUT2D eigenvalue weighted by Crippen LogP contribution is 1.87. The van der Waals surface area contributed by atoms with Crippen LogP contribution in [-0.2, 0) is 4.43 Å². The molecule has 0 fully saturated rings. The Bertz CT molecular complexity index is 56.8. The Morgan fingerprint density at radius 3 is 1.62 bits per heavy atom. The lowest BCUT2D eigenvalue weighted by atomic mass is 11.6. The average Bonchev–Trinajstić information content (AvgIpc) is 1.87. The van der Waals surface area contributed by atoms with Gasteiger partial charge in [0.15, 0.2) is 0 Å². The zero-order valence-electron chi connectivity index (χ0n) is 5.91. The smallest absolute Gasteiger partial charge is 0.347 e. The van der Waals surface area contributed by atoms with Gasteiger partial charge < -0.3 is 14.4 Å². The van der Waals surface area contributed by atoms with Gasteiger partial charge in [0.25, 0.3) is 0 Å². The molecule has 8 heavy (non-hydrogen) atoms. The van der Waals surface area contributed by atoms with E-state index in [-0.39, 0.29) is 0 Å². The molecule has 0 spiro atoms. The van der Waals surface area contributed by atoms with Crippen molar-refractivity contribution >= 4 is 8.64 Å². The van der Waals surface area contributed by atoms with E-state index in [4.69, 9.17) is 4.43 Å². The highest BCUT2D eigenvalue weighted by atomic mass is 28.4. The lowest BCUT2D eigenvalue weighted by molar-refractivity contribution is 0.378. The first-order chi connectivity index (χ1) is 3.68. The van der Waals surface area contributed by atoms with Gasteiger partial charge in [0.1, 0.15) is 0 Å². The van der Waals surface area contributed by atoms with Crippen LogP contribution in [0.25, 0.3) is 0 Å². The van der Waals surface area contributed by atoms with Gasteiger partial charge in [0.2, 0.25) is 0 Å². The van der Waals surface area contributed by atoms with Gasteiger partial charge in [-0.2, -0.15) is 0 Å². The van der Waals surface area contributed by atoms with Crippen molar-refractivity contribution in [3.8, 4) is 0 Å². The fourth-order valence-electron chi connectivity index (χ4n) is 0.329. The molecule has 0 radical (unpaired) electrons. The van der Waals surface area contributed by atoms with Crippen LogP contribution >= 0.6 is 0 Å². The van der Waals surface area contributed by atoms with E-state index in [0.29, 0.717) is 0 Å². The quantitative estimate of drug-likeness (QED) is 0.517. The second kappa shape index (κ2) is 3.19. The molecule has 0 aromatic carbocycles. The molecule has 0 saturated heterocycles. The first kappa shape index (κ1) is 8.10. The molecule has 0 aromatic rings. The third-order valence-corrected chi connectivity index (χ3v) is 4.09. The highest BCUT2D eigenvalue weighted by Gasteiger charge is 2.22. The van der Waals surface area contributed by atoms with Crippen molar-refractivity contribution in [2.24, 2.45) is 0 Å². The van der Waals surface area contributed by atoms with Gasteiger partial charge in [-0.25, -0.2) is 0 Å². The van der Waals surface area contributed by atoms with Crippen LogP contribution < -0.4 is 9.96 Å². The van der Waals surface area contributed by atoms with Crippen molar-refractivity contribution in [1.82, 2.24) is 9.96 Å². The normalized spacial score (nSPS) is 12.0. The molecule has 0 aliphatic rings. The zero-order chi connectivity index (χ0) is 6.62. The van der Waals surface area contributed by atoms with Crippen LogP contribution in [0.2, 0.25) is 6.55 Å². The van der Waals surface area contributed by atoms with Gasteiger partial charge in [-0.15, -0.1) is 0 Å². The summed E-state index contributed by atoms with van der Waals surface area (Å²) in [4.78, 5) is 6.17. The summed E-state index contributed by atoms with van der Waals surface area (Å²) in [7, 11) is 3.83. The second-order valence-corrected chi connectivity index (χ2v) is 5.21. The Balaban J connectivity index is 3.58. The number of hydrogen-bond acceptors (Lipinski definition) is 3. The molecule has 0 aromatic heterocycles. The van der Waals surface area contributed by atoms with Crippen LogP contribution in [0.5, 0.6) is 0 Å². The standard InChI is InChI=1S/C4H14N2OSi/c1-5-8(4,6-2)7-3/h5-6H,1-4H3. The van der Waals surface area contributed by atoms with Crippen molar-refractivity contribution in [3.05, 3.63) is 0 Å². The van der Waals surface area contributed by atoms with Gasteiger partial charge in [-0.05, 0) is 20.6 Å². The fourth-order valence-corrected chi connectivity index (χ4v) is 0.987. The summed E-state index contributed by atoms with van der Waals surface area (Å²) in [6.45, 7) is 2.05. The summed E-state index contributed by atoms with van der Waals surface area (Å²) in [6, 6.07) is 0. The molecule has 3 nitrogen and oxygen atoms in total. The van der Waals surface area contributed by atoms with Gasteiger partial charge >= 0.3 is 8.64 Å². The van der Waals surface area contributed by atoms with Crippen LogP contribution in [0.15, 0.2) is 0 Å². The Morgan fingerprint density at radius 2 is 1.62 bits per heavy atom. The molecular weight excluding hydrogens is 120 g/mol. The van der Waals surface area contributed by atoms with E-state index in [0.717, 1.165) is 0 Å². The van der Waals surface area contributed by atoms with E-state index in [9.17, 15) is 0 Å². The molecule has 50 valence electrons. The topological polar surface area (TPSA) is 33.3 Å². The molecule has 0 rings (SSSR count). The summed E-state index contributed by atoms with van der Waals surface area (Å²) in [6.07, 6.45) is 0. The van der Waals surface area contributed by atoms with Crippen molar-refractivity contribution < 1.29 is 4.43 Å². The average molecular weight is 134 g/mol. The van der Waals surface area contributed by atoms with Crippen LogP contribution in [0.4, 0.5) is 0 Å². The first-order valence-electron chi connectivity index (χ1n) is 2.61. The largest absolute Gasteiger partial charge is 0.395 e. The number of hydrogen-bond donors (Lipinski definition) is 2.